The lowest BCUT2D eigenvalue weighted by Crippen LogP contribution is -2.42. The minimum Gasteiger partial charge on any atom is -0.480 e. The van der Waals surface area contributed by atoms with Crippen LogP contribution in [0.2, 0.25) is 0 Å². The molecule has 1 rings (SSSR count). The van der Waals surface area contributed by atoms with Crippen molar-refractivity contribution in [3.05, 3.63) is 0 Å². The highest BCUT2D eigenvalue weighted by Crippen LogP contribution is 2.23. The van der Waals surface area contributed by atoms with Crippen LogP contribution in [0.3, 0.4) is 0 Å². The van der Waals surface area contributed by atoms with Crippen molar-refractivity contribution < 1.29 is 24.2 Å². The van der Waals surface area contributed by atoms with Gasteiger partial charge < -0.3 is 14.7 Å². The molecule has 2 atom stereocenters. The summed E-state index contributed by atoms with van der Waals surface area (Å²) in [7, 11) is 1.26. The Morgan fingerprint density at radius 3 is 2.71 bits per heavy atom. The van der Waals surface area contributed by atoms with Gasteiger partial charge in [0.1, 0.15) is 6.04 Å². The summed E-state index contributed by atoms with van der Waals surface area (Å²) in [6, 6.07) is -0.831. The summed E-state index contributed by atoms with van der Waals surface area (Å²) in [6.07, 6.45) is 1.11. The van der Waals surface area contributed by atoms with Crippen molar-refractivity contribution in [2.45, 2.75) is 32.2 Å². The third-order valence-corrected chi connectivity index (χ3v) is 2.92. The molecule has 0 aromatic rings. The summed E-state index contributed by atoms with van der Waals surface area (Å²) >= 11 is 0. The fourth-order valence-corrected chi connectivity index (χ4v) is 2.04. The highest BCUT2D eigenvalue weighted by molar-refractivity contribution is 5.90. The SMILES string of the molecule is CCCC(C(=O)O)N1CC(C(=O)OC)CC1=O. The van der Waals surface area contributed by atoms with E-state index in [0.717, 1.165) is 0 Å². The van der Waals surface area contributed by atoms with Crippen LogP contribution in [0.25, 0.3) is 0 Å². The number of hydrogen-bond donors (Lipinski definition) is 1. The zero-order valence-electron chi connectivity index (χ0n) is 10.0. The molecular weight excluding hydrogens is 226 g/mol. The molecule has 1 amide bonds. The summed E-state index contributed by atoms with van der Waals surface area (Å²) in [5.74, 6) is -2.31. The van der Waals surface area contributed by atoms with Gasteiger partial charge in [0.25, 0.3) is 0 Å². The lowest BCUT2D eigenvalue weighted by atomic mass is 10.1. The second-order valence-electron chi connectivity index (χ2n) is 4.11. The first-order valence-corrected chi connectivity index (χ1v) is 5.61. The van der Waals surface area contributed by atoms with E-state index >= 15 is 0 Å². The molecule has 1 fully saturated rings. The van der Waals surface area contributed by atoms with Crippen LogP contribution < -0.4 is 0 Å². The zero-order chi connectivity index (χ0) is 13.0. The number of aliphatic carboxylic acids is 1. The number of nitrogens with zero attached hydrogens (tertiary/aromatic N) is 1. The number of carbonyl (C=O) groups is 3. The van der Waals surface area contributed by atoms with Gasteiger partial charge in [0.2, 0.25) is 5.91 Å². The fraction of sp³-hybridized carbons (Fsp3) is 0.727. The van der Waals surface area contributed by atoms with Crippen LogP contribution in [0.15, 0.2) is 0 Å². The van der Waals surface area contributed by atoms with Crippen LogP contribution in [0.4, 0.5) is 0 Å². The van der Waals surface area contributed by atoms with Crippen molar-refractivity contribution in [2.75, 3.05) is 13.7 Å². The minimum absolute atomic E-state index is 0.0418. The van der Waals surface area contributed by atoms with Gasteiger partial charge in [-0.25, -0.2) is 4.79 Å². The van der Waals surface area contributed by atoms with E-state index in [-0.39, 0.29) is 18.9 Å². The Bertz CT molecular complexity index is 328. The van der Waals surface area contributed by atoms with Crippen LogP contribution in [0, 0.1) is 5.92 Å². The maximum atomic E-state index is 11.7. The van der Waals surface area contributed by atoms with Gasteiger partial charge in [0, 0.05) is 13.0 Å². The van der Waals surface area contributed by atoms with Crippen molar-refractivity contribution in [2.24, 2.45) is 5.92 Å². The Morgan fingerprint density at radius 1 is 1.59 bits per heavy atom. The molecule has 6 nitrogen and oxygen atoms in total. The summed E-state index contributed by atoms with van der Waals surface area (Å²) < 4.78 is 4.57. The molecule has 0 radical (unpaired) electrons. The predicted molar refractivity (Wildman–Crippen MR) is 58.2 cm³/mol. The number of ether oxygens (including phenoxy) is 1. The second kappa shape index (κ2) is 5.65. The van der Waals surface area contributed by atoms with Crippen molar-refractivity contribution in [1.82, 2.24) is 4.90 Å². The van der Waals surface area contributed by atoms with Gasteiger partial charge in [-0.05, 0) is 6.42 Å². The third-order valence-electron chi connectivity index (χ3n) is 2.92. The molecule has 1 aliphatic rings. The number of methoxy groups -OCH3 is 1. The fourth-order valence-electron chi connectivity index (χ4n) is 2.04. The van der Waals surface area contributed by atoms with E-state index in [1.807, 2.05) is 6.92 Å². The molecule has 1 saturated heterocycles. The highest BCUT2D eigenvalue weighted by atomic mass is 16.5. The number of amides is 1. The highest BCUT2D eigenvalue weighted by Gasteiger charge is 2.40. The normalized spacial score (nSPS) is 21.4. The van der Waals surface area contributed by atoms with Gasteiger partial charge in [0.15, 0.2) is 0 Å². The Labute approximate surface area is 99.5 Å². The molecule has 1 aliphatic heterocycles. The first-order valence-electron chi connectivity index (χ1n) is 5.61. The molecule has 0 aromatic carbocycles. The van der Waals surface area contributed by atoms with Gasteiger partial charge in [-0.3, -0.25) is 9.59 Å². The summed E-state index contributed by atoms with van der Waals surface area (Å²) in [4.78, 5) is 35.3. The van der Waals surface area contributed by atoms with Crippen LogP contribution in [-0.2, 0) is 19.1 Å². The molecule has 0 saturated carbocycles. The molecular formula is C11H17NO5. The van der Waals surface area contributed by atoms with Gasteiger partial charge >= 0.3 is 11.9 Å². The van der Waals surface area contributed by atoms with Gasteiger partial charge in [-0.15, -0.1) is 0 Å². The largest absolute Gasteiger partial charge is 0.480 e. The summed E-state index contributed by atoms with van der Waals surface area (Å²) in [5.41, 5.74) is 0. The van der Waals surface area contributed by atoms with Crippen molar-refractivity contribution in [1.29, 1.82) is 0 Å². The average Bonchev–Trinajstić information content (AvgIpc) is 2.66. The number of carboxylic acid groups (broad SMARTS) is 1. The Morgan fingerprint density at radius 2 is 2.24 bits per heavy atom. The number of esters is 1. The second-order valence-corrected chi connectivity index (χ2v) is 4.11. The van der Waals surface area contributed by atoms with E-state index < -0.39 is 23.9 Å². The molecule has 2 unspecified atom stereocenters. The molecule has 0 bridgehead atoms. The topological polar surface area (TPSA) is 83.9 Å². The third kappa shape index (κ3) is 2.95. The summed E-state index contributed by atoms with van der Waals surface area (Å²) in [6.45, 7) is 2.00. The van der Waals surface area contributed by atoms with Crippen LogP contribution in [-0.4, -0.2) is 47.5 Å². The molecule has 96 valence electrons. The Kier molecular flexibility index (Phi) is 4.48. The quantitative estimate of drug-likeness (QED) is 0.700. The molecule has 0 aliphatic carbocycles. The van der Waals surface area contributed by atoms with Gasteiger partial charge in [-0.2, -0.15) is 0 Å². The van der Waals surface area contributed by atoms with E-state index in [0.29, 0.717) is 12.8 Å². The molecule has 1 heterocycles. The first-order chi connectivity index (χ1) is 8.01. The van der Waals surface area contributed by atoms with Gasteiger partial charge in [0.05, 0.1) is 13.0 Å². The average molecular weight is 243 g/mol. The zero-order valence-corrected chi connectivity index (χ0v) is 10.0. The first kappa shape index (κ1) is 13.5. The monoisotopic (exact) mass is 243 g/mol. The van der Waals surface area contributed by atoms with Gasteiger partial charge in [-0.1, -0.05) is 13.3 Å². The lowest BCUT2D eigenvalue weighted by molar-refractivity contribution is -0.149. The van der Waals surface area contributed by atoms with E-state index in [4.69, 9.17) is 5.11 Å². The Hall–Kier alpha value is -1.59. The smallest absolute Gasteiger partial charge is 0.326 e. The Balaban J connectivity index is 2.74. The van der Waals surface area contributed by atoms with E-state index in [2.05, 4.69) is 4.74 Å². The van der Waals surface area contributed by atoms with Crippen molar-refractivity contribution in [3.63, 3.8) is 0 Å². The summed E-state index contributed by atoms with van der Waals surface area (Å²) in [5, 5.41) is 9.05. The molecule has 1 N–H and O–H groups in total. The number of likely N-dealkylation sites (tertiary alicyclic amines) is 1. The number of hydrogen-bond acceptors (Lipinski definition) is 4. The predicted octanol–water partition coefficient (Wildman–Crippen LogP) is 0.261. The number of rotatable bonds is 5. The number of carbonyl (C=O) groups excluding carboxylic acids is 2. The maximum Gasteiger partial charge on any atom is 0.326 e. The van der Waals surface area contributed by atoms with E-state index in [9.17, 15) is 14.4 Å². The van der Waals surface area contributed by atoms with Crippen molar-refractivity contribution >= 4 is 17.8 Å². The number of carboxylic acids is 1. The van der Waals surface area contributed by atoms with Crippen LogP contribution in [0.1, 0.15) is 26.2 Å². The standard InChI is InChI=1S/C11H17NO5/c1-3-4-8(10(14)15)12-6-7(5-9(12)13)11(16)17-2/h7-8H,3-6H2,1-2H3,(H,14,15). The van der Waals surface area contributed by atoms with Crippen LogP contribution >= 0.6 is 0 Å². The van der Waals surface area contributed by atoms with Crippen LogP contribution in [0.5, 0.6) is 0 Å². The lowest BCUT2D eigenvalue weighted by Gasteiger charge is -2.24. The molecule has 17 heavy (non-hydrogen) atoms. The minimum atomic E-state index is -1.02. The molecule has 6 heteroatoms. The van der Waals surface area contributed by atoms with E-state index in [1.54, 1.807) is 0 Å². The molecule has 0 aromatic heterocycles. The van der Waals surface area contributed by atoms with Crippen molar-refractivity contribution in [3.8, 4) is 0 Å². The maximum absolute atomic E-state index is 11.7. The van der Waals surface area contributed by atoms with E-state index in [1.165, 1.54) is 12.0 Å². The molecule has 0 spiro atoms.